The second-order valence-corrected chi connectivity index (χ2v) is 5.43. The maximum atomic E-state index is 12.2. The van der Waals surface area contributed by atoms with Crippen molar-refractivity contribution in [3.8, 4) is 0 Å². The van der Waals surface area contributed by atoms with Crippen LogP contribution < -0.4 is 11.2 Å². The first kappa shape index (κ1) is 12.8. The van der Waals surface area contributed by atoms with E-state index in [0.29, 0.717) is 17.6 Å². The van der Waals surface area contributed by atoms with Gasteiger partial charge in [-0.15, -0.1) is 0 Å². The molecular weight excluding hydrogens is 256 g/mol. The van der Waals surface area contributed by atoms with Gasteiger partial charge >= 0.3 is 0 Å². The molecule has 1 amide bonds. The molecule has 2 atom stereocenters. The molecule has 0 bridgehead atoms. The molecule has 6 heteroatoms. The highest BCUT2D eigenvalue weighted by atomic mass is 16.1. The number of rotatable bonds is 1. The number of carbonyl (C=O) groups is 1. The van der Waals surface area contributed by atoms with Crippen molar-refractivity contribution in [3.63, 3.8) is 0 Å². The van der Waals surface area contributed by atoms with Gasteiger partial charge in [-0.1, -0.05) is 6.92 Å². The molecule has 0 aliphatic carbocycles. The molecule has 0 fully saturated rings. The zero-order valence-electron chi connectivity index (χ0n) is 11.7. The summed E-state index contributed by atoms with van der Waals surface area (Å²) in [5.41, 5.74) is 8.38. The Balaban J connectivity index is 2.45. The Morgan fingerprint density at radius 2 is 2.00 bits per heavy atom. The maximum absolute atomic E-state index is 12.2. The van der Waals surface area contributed by atoms with Gasteiger partial charge in [0.2, 0.25) is 11.3 Å². The lowest BCUT2D eigenvalue weighted by atomic mass is 10.0. The highest BCUT2D eigenvalue weighted by molar-refractivity contribution is 5.82. The predicted octanol–water partition coefficient (Wildman–Crippen LogP) is 0.942. The number of primary amides is 1. The fourth-order valence-electron chi connectivity index (χ4n) is 2.83. The topological polar surface area (TPSA) is 90.9 Å². The summed E-state index contributed by atoms with van der Waals surface area (Å²) in [5.74, 6) is -0.298. The van der Waals surface area contributed by atoms with Crippen molar-refractivity contribution in [1.82, 2.24) is 14.5 Å². The van der Waals surface area contributed by atoms with Gasteiger partial charge < -0.3 is 10.3 Å². The smallest absolute Gasteiger partial charge is 0.240 e. The van der Waals surface area contributed by atoms with Crippen molar-refractivity contribution in [2.75, 3.05) is 0 Å². The summed E-state index contributed by atoms with van der Waals surface area (Å²) in [6.45, 7) is 5.63. The SMILES string of the molecule is Cc1nc2c(=O)cc3n(c2nc1C)C(C(N)=O)CC3C. The van der Waals surface area contributed by atoms with Crippen LogP contribution in [0.1, 0.15) is 42.4 Å². The number of carbonyl (C=O) groups excluding carboxylic acids is 1. The summed E-state index contributed by atoms with van der Waals surface area (Å²) in [5, 5.41) is 0. The number of fused-ring (bicyclic) bond motifs is 3. The normalized spacial score (nSPS) is 21.1. The molecule has 2 unspecified atom stereocenters. The molecule has 0 saturated heterocycles. The van der Waals surface area contributed by atoms with Crippen molar-refractivity contribution in [2.24, 2.45) is 5.73 Å². The number of aromatic nitrogens is 3. The van der Waals surface area contributed by atoms with Gasteiger partial charge in [0.25, 0.3) is 0 Å². The standard InChI is InChI=1S/C14H16N4O2/c1-6-4-10(13(15)20)18-9(6)5-11(19)12-14(18)17-8(3)7(2)16-12/h5-6,10H,4H2,1-3H3,(H2,15,20). The van der Waals surface area contributed by atoms with Crippen LogP contribution in [-0.2, 0) is 4.79 Å². The van der Waals surface area contributed by atoms with Gasteiger partial charge in [-0.05, 0) is 26.2 Å². The van der Waals surface area contributed by atoms with E-state index in [4.69, 9.17) is 5.73 Å². The molecule has 2 N–H and O–H groups in total. The van der Waals surface area contributed by atoms with E-state index in [1.807, 2.05) is 20.8 Å². The number of pyridine rings is 1. The Hall–Kier alpha value is -2.24. The van der Waals surface area contributed by atoms with E-state index in [1.54, 1.807) is 10.6 Å². The minimum atomic E-state index is -0.459. The van der Waals surface area contributed by atoms with Crippen LogP contribution in [0.5, 0.6) is 0 Å². The van der Waals surface area contributed by atoms with Gasteiger partial charge in [0, 0.05) is 11.8 Å². The first-order valence-electron chi connectivity index (χ1n) is 6.60. The summed E-state index contributed by atoms with van der Waals surface area (Å²) in [7, 11) is 0. The molecule has 2 aromatic heterocycles. The second kappa shape index (κ2) is 4.13. The Labute approximate surface area is 115 Å². The predicted molar refractivity (Wildman–Crippen MR) is 74.5 cm³/mol. The Morgan fingerprint density at radius 1 is 1.35 bits per heavy atom. The highest BCUT2D eigenvalue weighted by Crippen LogP contribution is 2.36. The van der Waals surface area contributed by atoms with Crippen LogP contribution in [0.2, 0.25) is 0 Å². The summed E-state index contributed by atoms with van der Waals surface area (Å²) in [6.07, 6.45) is 0.600. The minimum absolute atomic E-state index is 0.105. The van der Waals surface area contributed by atoms with E-state index in [0.717, 1.165) is 17.1 Å². The molecule has 0 aromatic carbocycles. The number of aryl methyl sites for hydroxylation is 2. The van der Waals surface area contributed by atoms with Gasteiger partial charge in [0.15, 0.2) is 11.2 Å². The van der Waals surface area contributed by atoms with E-state index >= 15 is 0 Å². The van der Waals surface area contributed by atoms with Gasteiger partial charge in [-0.2, -0.15) is 0 Å². The third-order valence-corrected chi connectivity index (χ3v) is 4.03. The fraction of sp³-hybridized carbons (Fsp3) is 0.429. The Bertz CT molecular complexity index is 794. The molecule has 0 saturated carbocycles. The highest BCUT2D eigenvalue weighted by Gasteiger charge is 2.33. The van der Waals surface area contributed by atoms with Crippen LogP contribution in [0, 0.1) is 13.8 Å². The van der Waals surface area contributed by atoms with Gasteiger partial charge in [-0.3, -0.25) is 9.59 Å². The van der Waals surface area contributed by atoms with Gasteiger partial charge in [-0.25, -0.2) is 9.97 Å². The summed E-state index contributed by atoms with van der Waals surface area (Å²) >= 11 is 0. The lowest BCUT2D eigenvalue weighted by Gasteiger charge is -2.15. The summed E-state index contributed by atoms with van der Waals surface area (Å²) < 4.78 is 1.78. The Kier molecular flexibility index (Phi) is 2.64. The number of hydrogen-bond donors (Lipinski definition) is 1. The van der Waals surface area contributed by atoms with E-state index in [2.05, 4.69) is 9.97 Å². The zero-order valence-corrected chi connectivity index (χ0v) is 11.7. The number of nitrogens with two attached hydrogens (primary N) is 1. The molecule has 20 heavy (non-hydrogen) atoms. The van der Waals surface area contributed by atoms with Crippen molar-refractivity contribution in [2.45, 2.75) is 39.2 Å². The quantitative estimate of drug-likeness (QED) is 0.836. The second-order valence-electron chi connectivity index (χ2n) is 5.43. The van der Waals surface area contributed by atoms with Crippen LogP contribution >= 0.6 is 0 Å². The summed E-state index contributed by atoms with van der Waals surface area (Å²) in [6, 6.07) is 1.10. The first-order valence-corrected chi connectivity index (χ1v) is 6.60. The molecule has 1 aliphatic rings. The van der Waals surface area contributed by atoms with Crippen molar-refractivity contribution < 1.29 is 4.79 Å². The van der Waals surface area contributed by atoms with Crippen LogP contribution in [0.15, 0.2) is 10.9 Å². The molecule has 3 rings (SSSR count). The number of hydrogen-bond acceptors (Lipinski definition) is 4. The molecular formula is C14H16N4O2. The lowest BCUT2D eigenvalue weighted by Crippen LogP contribution is -2.26. The fourth-order valence-corrected chi connectivity index (χ4v) is 2.83. The molecule has 6 nitrogen and oxygen atoms in total. The average molecular weight is 272 g/mol. The van der Waals surface area contributed by atoms with Crippen molar-refractivity contribution in [3.05, 3.63) is 33.4 Å². The summed E-state index contributed by atoms with van der Waals surface area (Å²) in [4.78, 5) is 32.6. The van der Waals surface area contributed by atoms with Crippen LogP contribution in [0.4, 0.5) is 0 Å². The van der Waals surface area contributed by atoms with Crippen LogP contribution in [-0.4, -0.2) is 20.4 Å². The largest absolute Gasteiger partial charge is 0.368 e. The van der Waals surface area contributed by atoms with E-state index in [9.17, 15) is 9.59 Å². The third-order valence-electron chi connectivity index (χ3n) is 4.03. The van der Waals surface area contributed by atoms with Crippen molar-refractivity contribution in [1.29, 1.82) is 0 Å². The van der Waals surface area contributed by atoms with E-state index < -0.39 is 11.9 Å². The monoisotopic (exact) mass is 272 g/mol. The molecule has 2 aromatic rings. The van der Waals surface area contributed by atoms with Gasteiger partial charge in [0.05, 0.1) is 11.4 Å². The Morgan fingerprint density at radius 3 is 2.65 bits per heavy atom. The number of amides is 1. The minimum Gasteiger partial charge on any atom is -0.368 e. The number of nitrogens with zero attached hydrogens (tertiary/aromatic N) is 3. The van der Waals surface area contributed by atoms with E-state index in [1.165, 1.54) is 0 Å². The van der Waals surface area contributed by atoms with Crippen LogP contribution in [0.3, 0.4) is 0 Å². The van der Waals surface area contributed by atoms with Gasteiger partial charge in [0.1, 0.15) is 6.04 Å². The third kappa shape index (κ3) is 1.64. The zero-order chi connectivity index (χ0) is 14.6. The van der Waals surface area contributed by atoms with Crippen molar-refractivity contribution >= 4 is 17.1 Å². The lowest BCUT2D eigenvalue weighted by molar-refractivity contribution is -0.120. The molecule has 0 radical (unpaired) electrons. The molecule has 104 valence electrons. The first-order chi connectivity index (χ1) is 9.40. The molecule has 0 spiro atoms. The molecule has 1 aliphatic heterocycles. The molecule has 3 heterocycles. The van der Waals surface area contributed by atoms with E-state index in [-0.39, 0.29) is 11.3 Å². The van der Waals surface area contributed by atoms with Crippen LogP contribution in [0.25, 0.3) is 11.2 Å². The maximum Gasteiger partial charge on any atom is 0.240 e. The average Bonchev–Trinajstić information content (AvgIpc) is 2.70.